The lowest BCUT2D eigenvalue weighted by atomic mass is 10.1. The van der Waals surface area contributed by atoms with Crippen LogP contribution in [0.15, 0.2) is 30.5 Å². The van der Waals surface area contributed by atoms with Gasteiger partial charge in [-0.1, -0.05) is 6.07 Å². The zero-order chi connectivity index (χ0) is 19.7. The quantitative estimate of drug-likeness (QED) is 0.786. The maximum Gasteiger partial charge on any atom is 0.254 e. The fourth-order valence-corrected chi connectivity index (χ4v) is 4.02. The number of amides is 1. The lowest BCUT2D eigenvalue weighted by molar-refractivity contribution is 0.0787. The van der Waals surface area contributed by atoms with Crippen LogP contribution in [0.1, 0.15) is 67.1 Å². The van der Waals surface area contributed by atoms with Gasteiger partial charge in [-0.2, -0.15) is 0 Å². The molecule has 2 aromatic rings. The van der Waals surface area contributed by atoms with Crippen molar-refractivity contribution >= 4 is 11.7 Å². The average Bonchev–Trinajstić information content (AvgIpc) is 3.32. The zero-order valence-electron chi connectivity index (χ0n) is 16.4. The van der Waals surface area contributed by atoms with Crippen molar-refractivity contribution in [3.63, 3.8) is 0 Å². The number of halogens is 1. The van der Waals surface area contributed by atoms with Crippen LogP contribution in [-0.4, -0.2) is 28.4 Å². The smallest absolute Gasteiger partial charge is 0.254 e. The Labute approximate surface area is 164 Å². The molecule has 1 N–H and O–H groups in total. The molecule has 0 unspecified atom stereocenters. The summed E-state index contributed by atoms with van der Waals surface area (Å²) >= 11 is 0. The van der Waals surface area contributed by atoms with Gasteiger partial charge in [0.1, 0.15) is 5.82 Å². The Morgan fingerprint density at radius 3 is 2.82 bits per heavy atom. The molecule has 148 valence electrons. The minimum absolute atomic E-state index is 0.0371. The third-order valence-corrected chi connectivity index (χ3v) is 5.71. The van der Waals surface area contributed by atoms with Gasteiger partial charge in [0.2, 0.25) is 0 Å². The summed E-state index contributed by atoms with van der Waals surface area (Å²) in [5.41, 5.74) is 2.41. The fourth-order valence-electron chi connectivity index (χ4n) is 4.02. The van der Waals surface area contributed by atoms with Gasteiger partial charge < -0.3 is 15.0 Å². The Balaban J connectivity index is 1.50. The number of nitrogens with one attached hydrogen (secondary N) is 1. The van der Waals surface area contributed by atoms with E-state index in [1.54, 1.807) is 23.2 Å². The van der Waals surface area contributed by atoms with E-state index in [1.807, 2.05) is 19.9 Å². The number of hydrogen-bond donors (Lipinski definition) is 1. The van der Waals surface area contributed by atoms with Gasteiger partial charge in [-0.25, -0.2) is 9.37 Å². The monoisotopic (exact) mass is 383 g/mol. The number of anilines is 1. The molecular formula is C22H26FN3O2. The Bertz CT molecular complexity index is 880. The van der Waals surface area contributed by atoms with Crippen molar-refractivity contribution in [3.8, 4) is 5.75 Å². The first kappa shape index (κ1) is 18.7. The van der Waals surface area contributed by atoms with Crippen LogP contribution < -0.4 is 10.1 Å². The molecule has 0 radical (unpaired) electrons. The van der Waals surface area contributed by atoms with Gasteiger partial charge in [-0.05, 0) is 63.3 Å². The molecular weight excluding hydrogens is 357 g/mol. The molecule has 1 aromatic heterocycles. The van der Waals surface area contributed by atoms with Crippen LogP contribution >= 0.6 is 0 Å². The minimum atomic E-state index is -0.336. The molecule has 1 aliphatic heterocycles. The molecule has 2 aliphatic rings. The summed E-state index contributed by atoms with van der Waals surface area (Å²) in [5, 5.41) is 3.35. The van der Waals surface area contributed by atoms with Gasteiger partial charge in [0.05, 0.1) is 18.7 Å². The van der Waals surface area contributed by atoms with Gasteiger partial charge >= 0.3 is 0 Å². The summed E-state index contributed by atoms with van der Waals surface area (Å²) in [4.78, 5) is 18.6. The maximum atomic E-state index is 14.6. The van der Waals surface area contributed by atoms with Crippen molar-refractivity contribution in [2.45, 2.75) is 58.2 Å². The van der Waals surface area contributed by atoms with E-state index in [0.717, 1.165) is 36.8 Å². The van der Waals surface area contributed by atoms with Crippen LogP contribution in [0.5, 0.6) is 5.75 Å². The molecule has 5 nitrogen and oxygen atoms in total. The predicted molar refractivity (Wildman–Crippen MR) is 106 cm³/mol. The second kappa shape index (κ2) is 7.78. The van der Waals surface area contributed by atoms with Crippen molar-refractivity contribution in [1.29, 1.82) is 0 Å². The number of rotatable bonds is 6. The van der Waals surface area contributed by atoms with Gasteiger partial charge in [-0.3, -0.25) is 4.79 Å². The molecule has 1 aliphatic carbocycles. The molecule has 1 fully saturated rings. The third-order valence-electron chi connectivity index (χ3n) is 5.71. The molecule has 28 heavy (non-hydrogen) atoms. The van der Waals surface area contributed by atoms with Gasteiger partial charge in [0, 0.05) is 23.9 Å². The van der Waals surface area contributed by atoms with E-state index in [-0.39, 0.29) is 23.9 Å². The first-order valence-corrected chi connectivity index (χ1v) is 10.1. The Morgan fingerprint density at radius 2 is 2.11 bits per heavy atom. The lowest BCUT2D eigenvalue weighted by Gasteiger charge is -2.19. The molecule has 1 amide bonds. The average molecular weight is 383 g/mol. The summed E-state index contributed by atoms with van der Waals surface area (Å²) in [6.45, 7) is 5.14. The van der Waals surface area contributed by atoms with Crippen LogP contribution in [0.3, 0.4) is 0 Å². The van der Waals surface area contributed by atoms with Crippen LogP contribution in [0.2, 0.25) is 0 Å². The van der Waals surface area contributed by atoms with E-state index >= 15 is 0 Å². The molecule has 1 saturated carbocycles. The third kappa shape index (κ3) is 3.55. The molecule has 4 rings (SSSR count). The highest BCUT2D eigenvalue weighted by Crippen LogP contribution is 2.31. The number of carbonyl (C=O) groups excluding carboxylic acids is 1. The van der Waals surface area contributed by atoms with Crippen LogP contribution in [0.25, 0.3) is 0 Å². The highest BCUT2D eigenvalue weighted by Gasteiger charge is 2.29. The Morgan fingerprint density at radius 1 is 1.32 bits per heavy atom. The normalized spacial score (nSPS) is 17.7. The number of benzene rings is 1. The molecule has 1 aromatic carbocycles. The SMILES string of the molecule is CCN1Cc2c(ccnc2N[C@@H](C)c2ccc(OC3CCCC3)c(F)c2)C1=O. The number of fused-ring (bicyclic) bond motifs is 1. The van der Waals surface area contributed by atoms with Crippen molar-refractivity contribution in [3.05, 3.63) is 53.0 Å². The highest BCUT2D eigenvalue weighted by atomic mass is 19.1. The highest BCUT2D eigenvalue weighted by molar-refractivity contribution is 5.99. The second-order valence-corrected chi connectivity index (χ2v) is 7.59. The number of pyridine rings is 1. The molecule has 0 saturated heterocycles. The number of nitrogens with zero attached hydrogens (tertiary/aromatic N) is 2. The van der Waals surface area contributed by atoms with E-state index in [2.05, 4.69) is 10.3 Å². The van der Waals surface area contributed by atoms with Crippen LogP contribution in [0, 0.1) is 5.82 Å². The summed E-state index contributed by atoms with van der Waals surface area (Å²) in [7, 11) is 0. The van der Waals surface area contributed by atoms with Gasteiger partial charge in [0.25, 0.3) is 5.91 Å². The molecule has 2 heterocycles. The Hall–Kier alpha value is -2.63. The van der Waals surface area contributed by atoms with Crippen molar-refractivity contribution < 1.29 is 13.9 Å². The van der Waals surface area contributed by atoms with E-state index in [1.165, 1.54) is 6.07 Å². The number of aromatic nitrogens is 1. The zero-order valence-corrected chi connectivity index (χ0v) is 16.4. The van der Waals surface area contributed by atoms with Crippen molar-refractivity contribution in [2.24, 2.45) is 0 Å². The van der Waals surface area contributed by atoms with E-state index in [9.17, 15) is 9.18 Å². The summed E-state index contributed by atoms with van der Waals surface area (Å²) in [5.74, 6) is 0.707. The van der Waals surface area contributed by atoms with E-state index in [4.69, 9.17) is 4.74 Å². The summed E-state index contributed by atoms with van der Waals surface area (Å²) in [6, 6.07) is 6.73. The van der Waals surface area contributed by atoms with Crippen LogP contribution in [-0.2, 0) is 6.54 Å². The van der Waals surface area contributed by atoms with E-state index < -0.39 is 0 Å². The summed E-state index contributed by atoms with van der Waals surface area (Å²) < 4.78 is 20.4. The predicted octanol–water partition coefficient (Wildman–Crippen LogP) is 4.69. The maximum absolute atomic E-state index is 14.6. The van der Waals surface area contributed by atoms with E-state index in [0.29, 0.717) is 30.2 Å². The van der Waals surface area contributed by atoms with Crippen LogP contribution in [0.4, 0.5) is 10.2 Å². The minimum Gasteiger partial charge on any atom is -0.487 e. The Kier molecular flexibility index (Phi) is 5.20. The first-order valence-electron chi connectivity index (χ1n) is 10.1. The molecule has 0 bridgehead atoms. The second-order valence-electron chi connectivity index (χ2n) is 7.59. The number of ether oxygens (including phenoxy) is 1. The molecule has 6 heteroatoms. The van der Waals surface area contributed by atoms with Gasteiger partial charge in [-0.15, -0.1) is 0 Å². The lowest BCUT2D eigenvalue weighted by Crippen LogP contribution is -2.22. The number of carbonyl (C=O) groups is 1. The molecule has 1 atom stereocenters. The summed E-state index contributed by atoms with van der Waals surface area (Å²) in [6.07, 6.45) is 6.07. The largest absolute Gasteiger partial charge is 0.487 e. The fraction of sp³-hybridized carbons (Fsp3) is 0.455. The first-order chi connectivity index (χ1) is 13.6. The standard InChI is InChI=1S/C22H26FN3O2/c1-3-26-13-18-17(22(26)27)10-11-24-21(18)25-14(2)15-8-9-20(19(23)12-15)28-16-6-4-5-7-16/h8-12,14,16H,3-7,13H2,1-2H3,(H,24,25)/t14-/m0/s1. The number of hydrogen-bond acceptors (Lipinski definition) is 4. The topological polar surface area (TPSA) is 54.5 Å². The van der Waals surface area contributed by atoms with Gasteiger partial charge in [0.15, 0.2) is 11.6 Å². The van der Waals surface area contributed by atoms with Crippen molar-refractivity contribution in [2.75, 3.05) is 11.9 Å². The van der Waals surface area contributed by atoms with Crippen molar-refractivity contribution in [1.82, 2.24) is 9.88 Å². The molecule has 0 spiro atoms.